The van der Waals surface area contributed by atoms with Gasteiger partial charge in [0.25, 0.3) is 0 Å². The van der Waals surface area contributed by atoms with Gasteiger partial charge in [-0.25, -0.2) is 42.5 Å². The zero-order valence-electron chi connectivity index (χ0n) is 60.5. The van der Waals surface area contributed by atoms with Gasteiger partial charge in [-0.2, -0.15) is 0 Å². The van der Waals surface area contributed by atoms with Gasteiger partial charge in [-0.3, -0.25) is 24.2 Å². The molecule has 14 rings (SSSR count). The molecule has 2 aromatic carbocycles. The van der Waals surface area contributed by atoms with Crippen LogP contribution < -0.4 is 45.0 Å². The SMILES string of the molecule is CC(C)N1CCOc2c(F)cc(-c3nc(Cc4ccc(N5CCN(C)C(=O)C5)cn4)ncc3F)cc21.CC(C)N1CCOc2c(F)cc(-c3nc(Cl)ncc3F)cc21.CN1CCN(c2ccc(N)nc2)CC1=O.CN1CCN(c2ccc([N+](=O)[O-])nc2)CC1=O.CN1CCNCC1=O.O=[N+]([O-])c1ccc(Br)cn1. The van der Waals surface area contributed by atoms with E-state index in [4.69, 9.17) is 26.8 Å². The van der Waals surface area contributed by atoms with Crippen molar-refractivity contribution in [3.8, 4) is 34.0 Å². The molecule has 0 spiro atoms. The van der Waals surface area contributed by atoms with Gasteiger partial charge in [0.15, 0.2) is 47.2 Å². The number of carbonyl (C=O) groups is 4. The standard InChI is InChI=1S/C26H28F2N6O2.C15H14ClF2N3O.C10H12N4O3.C10H14N4O.C5H3BrN2O2.C5H10N2O/c1-16(2)34-8-9-36-26-20(27)10-17(11-22(26)34)25-21(28)14-30-23(31-25)12-18-4-5-19(13-29-18)33-7-6-32(3)24(35)15-33;1-8(2)21-3-4-22-14-10(17)5-9(6-12(14)21)13-11(18)7-19-15(16)20-13;1-12-4-5-13(7-10(12)15)8-2-3-9(11-6-8)14(16)17;1-13-4-5-14(7-10(13)15)8-2-3-9(11)12-6-8;6-4-1-2-5(7-3-4)8(9)10;1-7-3-2-6-4-5(7)8/h4-5,10-11,13-14,16H,6-9,12,15H2,1-3H3;5-8H,3-4H2,1-2H3;2-3,6H,4-5,7H2,1H3;2-3,6H,4-5,7H2,1H3,(H2,11,12);1-3H;6H,2-4H2,1H3. The summed E-state index contributed by atoms with van der Waals surface area (Å²) in [5.41, 5.74) is 10.6. The first-order chi connectivity index (χ1) is 51.5. The number of fused-ring (bicyclic) bond motifs is 2. The summed E-state index contributed by atoms with van der Waals surface area (Å²) in [4.78, 5) is 114. The molecule has 0 atom stereocenters. The molecular formula is C71H81BrClF4N21O10. The predicted molar refractivity (Wildman–Crippen MR) is 401 cm³/mol. The summed E-state index contributed by atoms with van der Waals surface area (Å²) in [6.07, 6.45) is 8.60. The monoisotopic (exact) mass is 1580 g/mol. The number of rotatable bonds is 11. The number of nitrogens with two attached hydrogens (primary N) is 1. The molecule has 4 saturated heterocycles. The fourth-order valence-electron chi connectivity index (χ4n) is 11.4. The van der Waals surface area contributed by atoms with Crippen LogP contribution in [0.2, 0.25) is 5.28 Å². The average Bonchev–Trinajstić information content (AvgIpc) is 0.781. The number of piperazine rings is 4. The third-order valence-corrected chi connectivity index (χ3v) is 18.3. The van der Waals surface area contributed by atoms with E-state index < -0.39 is 33.1 Å². The minimum absolute atomic E-state index is 0.0311. The van der Waals surface area contributed by atoms with Crippen LogP contribution in [0.4, 0.5) is 63.5 Å². The molecule has 0 aliphatic carbocycles. The molecule has 6 aliphatic rings. The molecule has 0 saturated carbocycles. The zero-order chi connectivity index (χ0) is 78.0. The van der Waals surface area contributed by atoms with Crippen LogP contribution >= 0.6 is 27.5 Å². The van der Waals surface area contributed by atoms with Gasteiger partial charge in [0.2, 0.25) is 28.9 Å². The van der Waals surface area contributed by atoms with Crippen molar-refractivity contribution in [2.75, 3.05) is 163 Å². The fraction of sp³-hybridized carbons (Fsp3) is 0.380. The number of aromatic nitrogens is 8. The van der Waals surface area contributed by atoms with Crippen LogP contribution in [0, 0.1) is 43.5 Å². The van der Waals surface area contributed by atoms with Gasteiger partial charge in [-0.15, -0.1) is 0 Å². The van der Waals surface area contributed by atoms with Gasteiger partial charge in [-0.1, -0.05) is 0 Å². The number of anilines is 6. The molecule has 4 fully saturated rings. The molecule has 6 aliphatic heterocycles. The molecule has 31 nitrogen and oxygen atoms in total. The Balaban J connectivity index is 0.000000161. The third kappa shape index (κ3) is 21.5. The fourth-order valence-corrected chi connectivity index (χ4v) is 11.8. The summed E-state index contributed by atoms with van der Waals surface area (Å²) < 4.78 is 69.7. The second-order valence-electron chi connectivity index (χ2n) is 25.8. The Bertz CT molecular complexity index is 4490. The zero-order valence-corrected chi connectivity index (χ0v) is 62.8. The van der Waals surface area contributed by atoms with Crippen LogP contribution in [0.15, 0.2) is 114 Å². The lowest BCUT2D eigenvalue weighted by Crippen LogP contribution is -2.48. The van der Waals surface area contributed by atoms with E-state index in [1.54, 1.807) is 76.4 Å². The van der Waals surface area contributed by atoms with E-state index >= 15 is 0 Å². The molecule has 0 bridgehead atoms. The number of halogens is 6. The number of pyridine rings is 4. The number of nitrogen functional groups attached to an aromatic ring is 1. The highest BCUT2D eigenvalue weighted by molar-refractivity contribution is 9.10. The quantitative estimate of drug-likeness (QED) is 0.0536. The number of nitrogens with zero attached hydrogens (tertiary/aromatic N) is 19. The maximum atomic E-state index is 14.9. The predicted octanol–water partition coefficient (Wildman–Crippen LogP) is 7.99. The number of likely N-dealkylation sites (N-methyl/N-ethyl adjacent to an activating group) is 4. The summed E-state index contributed by atoms with van der Waals surface area (Å²) in [6.45, 7) is 17.8. The van der Waals surface area contributed by atoms with E-state index in [0.29, 0.717) is 105 Å². The van der Waals surface area contributed by atoms with E-state index in [-0.39, 0.29) is 88.5 Å². The number of amides is 4. The van der Waals surface area contributed by atoms with Gasteiger partial charge in [-0.05, 0) is 136 Å². The molecule has 108 heavy (non-hydrogen) atoms. The molecular weight excluding hydrogens is 1500 g/mol. The number of nitrogens with one attached hydrogen (secondary N) is 1. The summed E-state index contributed by atoms with van der Waals surface area (Å²) >= 11 is 8.82. The minimum atomic E-state index is -0.656. The van der Waals surface area contributed by atoms with E-state index in [2.05, 4.69) is 61.1 Å². The van der Waals surface area contributed by atoms with Gasteiger partial charge in [0.05, 0.1) is 103 Å². The molecule has 0 unspecified atom stereocenters. The number of hydrogen-bond donors (Lipinski definition) is 2. The molecule has 8 aromatic rings. The van der Waals surface area contributed by atoms with Gasteiger partial charge >= 0.3 is 11.6 Å². The molecule has 12 heterocycles. The average molecular weight is 1580 g/mol. The molecule has 3 N–H and O–H groups in total. The van der Waals surface area contributed by atoms with Crippen molar-refractivity contribution in [2.24, 2.45) is 0 Å². The van der Waals surface area contributed by atoms with Crippen molar-refractivity contribution in [2.45, 2.75) is 46.2 Å². The van der Waals surface area contributed by atoms with Crippen LogP contribution in [0.5, 0.6) is 11.5 Å². The van der Waals surface area contributed by atoms with Gasteiger partial charge in [0, 0.05) is 122 Å². The number of carbonyl (C=O) groups excluding carboxylic acids is 4. The highest BCUT2D eigenvalue weighted by Gasteiger charge is 2.30. The molecule has 572 valence electrons. The maximum Gasteiger partial charge on any atom is 0.363 e. The van der Waals surface area contributed by atoms with Gasteiger partial charge in [0.1, 0.15) is 36.2 Å². The second-order valence-corrected chi connectivity index (χ2v) is 27.0. The number of hydrogen-bond acceptors (Lipinski definition) is 25. The van der Waals surface area contributed by atoms with Crippen molar-refractivity contribution in [1.29, 1.82) is 0 Å². The normalized spacial score (nSPS) is 15.5. The maximum absolute atomic E-state index is 14.9. The molecule has 4 amide bonds. The molecule has 0 radical (unpaired) electrons. The Morgan fingerprint density at radius 3 is 1.37 bits per heavy atom. The summed E-state index contributed by atoms with van der Waals surface area (Å²) in [5, 5.41) is 23.4. The van der Waals surface area contributed by atoms with E-state index in [1.807, 2.05) is 84.5 Å². The molecule has 37 heteroatoms. The van der Waals surface area contributed by atoms with E-state index in [1.165, 1.54) is 36.7 Å². The Kier molecular flexibility index (Phi) is 27.9. The first-order valence-electron chi connectivity index (χ1n) is 34.1. The van der Waals surface area contributed by atoms with Crippen molar-refractivity contribution >= 4 is 97.1 Å². The lowest BCUT2D eigenvalue weighted by Gasteiger charge is -2.34. The minimum Gasteiger partial charge on any atom is -0.486 e. The van der Waals surface area contributed by atoms with Crippen LogP contribution in [0.25, 0.3) is 22.5 Å². The van der Waals surface area contributed by atoms with Crippen LogP contribution in [-0.4, -0.2) is 238 Å². The molecule has 6 aromatic heterocycles. The van der Waals surface area contributed by atoms with Crippen molar-refractivity contribution in [1.82, 2.24) is 64.8 Å². The first kappa shape index (κ1) is 80.8. The summed E-state index contributed by atoms with van der Waals surface area (Å²) in [5.74, 6) is -1.04. The smallest absolute Gasteiger partial charge is 0.363 e. The number of ether oxygens (including phenoxy) is 2. The number of nitro groups is 2. The lowest BCUT2D eigenvalue weighted by molar-refractivity contribution is -0.389. The Morgan fingerprint density at radius 1 is 0.528 bits per heavy atom. The van der Waals surface area contributed by atoms with Crippen molar-refractivity contribution < 1.29 is 56.1 Å². The second kappa shape index (κ2) is 37.3. The Labute approximate surface area is 633 Å². The Morgan fingerprint density at radius 2 is 0.972 bits per heavy atom. The summed E-state index contributed by atoms with van der Waals surface area (Å²) in [6, 6.07) is 19.4. The highest BCUT2D eigenvalue weighted by atomic mass is 79.9. The van der Waals surface area contributed by atoms with Crippen LogP contribution in [0.1, 0.15) is 39.2 Å². The Hall–Kier alpha value is -11.3. The lowest BCUT2D eigenvalue weighted by atomic mass is 10.1. The van der Waals surface area contributed by atoms with E-state index in [9.17, 15) is 57.0 Å². The highest BCUT2D eigenvalue weighted by Crippen LogP contribution is 2.41. The first-order valence-corrected chi connectivity index (χ1v) is 35.3. The summed E-state index contributed by atoms with van der Waals surface area (Å²) in [7, 11) is 7.20. The third-order valence-electron chi connectivity index (χ3n) is 17.7. The van der Waals surface area contributed by atoms with Crippen molar-refractivity contribution in [3.63, 3.8) is 0 Å². The van der Waals surface area contributed by atoms with Crippen LogP contribution in [0.3, 0.4) is 0 Å². The van der Waals surface area contributed by atoms with Gasteiger partial charge < -0.3 is 84.9 Å². The van der Waals surface area contributed by atoms with Crippen LogP contribution in [-0.2, 0) is 25.6 Å². The van der Waals surface area contributed by atoms with Crippen molar-refractivity contribution in [3.05, 3.63) is 175 Å². The topological polar surface area (TPSA) is 343 Å². The van der Waals surface area contributed by atoms with E-state index in [0.717, 1.165) is 66.7 Å². The number of benzene rings is 2. The largest absolute Gasteiger partial charge is 0.486 e.